The molecule has 3 nitrogen and oxygen atoms in total. The monoisotopic (exact) mass is 309 g/mol. The quantitative estimate of drug-likeness (QED) is 0.937. The molecule has 1 N–H and O–H groups in total. The van der Waals surface area contributed by atoms with E-state index in [1.54, 1.807) is 0 Å². The van der Waals surface area contributed by atoms with Crippen molar-refractivity contribution in [1.29, 1.82) is 0 Å². The highest BCUT2D eigenvalue weighted by molar-refractivity contribution is 5.46. The van der Waals surface area contributed by atoms with Crippen LogP contribution in [-0.2, 0) is 13.0 Å². The Kier molecular flexibility index (Phi) is 3.96. The van der Waals surface area contributed by atoms with Crippen molar-refractivity contribution >= 4 is 0 Å². The van der Waals surface area contributed by atoms with Crippen LogP contribution in [0.4, 0.5) is 0 Å². The third-order valence-electron chi connectivity index (χ3n) is 5.00. The molecule has 2 aromatic carbocycles. The second-order valence-corrected chi connectivity index (χ2v) is 6.54. The number of benzene rings is 2. The molecule has 1 fully saturated rings. The summed E-state index contributed by atoms with van der Waals surface area (Å²) in [6.07, 6.45) is 4.33. The van der Waals surface area contributed by atoms with E-state index in [1.807, 2.05) is 24.3 Å². The van der Waals surface area contributed by atoms with Crippen LogP contribution < -0.4 is 14.8 Å². The third kappa shape index (κ3) is 3.06. The average molecular weight is 309 g/mol. The van der Waals surface area contributed by atoms with Crippen molar-refractivity contribution in [2.45, 2.75) is 37.9 Å². The van der Waals surface area contributed by atoms with Crippen molar-refractivity contribution < 1.29 is 9.47 Å². The SMILES string of the molecule is c1ccc(COc2cccc3c2CCC2(CCNCC2)O3)cc1. The van der Waals surface area contributed by atoms with Gasteiger partial charge in [-0.3, -0.25) is 0 Å². The van der Waals surface area contributed by atoms with Gasteiger partial charge in [-0.25, -0.2) is 0 Å². The predicted molar refractivity (Wildman–Crippen MR) is 91.0 cm³/mol. The number of fused-ring (bicyclic) bond motifs is 1. The van der Waals surface area contributed by atoms with E-state index in [4.69, 9.17) is 9.47 Å². The first-order valence-electron chi connectivity index (χ1n) is 8.53. The lowest BCUT2D eigenvalue weighted by Gasteiger charge is -2.42. The summed E-state index contributed by atoms with van der Waals surface area (Å²) in [4.78, 5) is 0. The molecule has 23 heavy (non-hydrogen) atoms. The van der Waals surface area contributed by atoms with Gasteiger partial charge in [0, 0.05) is 5.56 Å². The van der Waals surface area contributed by atoms with E-state index in [9.17, 15) is 0 Å². The van der Waals surface area contributed by atoms with Gasteiger partial charge < -0.3 is 14.8 Å². The van der Waals surface area contributed by atoms with Crippen molar-refractivity contribution in [3.05, 3.63) is 59.7 Å². The second kappa shape index (κ2) is 6.25. The van der Waals surface area contributed by atoms with Crippen molar-refractivity contribution in [3.8, 4) is 11.5 Å². The molecule has 0 radical (unpaired) electrons. The fourth-order valence-electron chi connectivity index (χ4n) is 3.63. The molecule has 1 spiro atoms. The Balaban J connectivity index is 1.51. The average Bonchev–Trinajstić information content (AvgIpc) is 2.61. The third-order valence-corrected chi connectivity index (χ3v) is 5.00. The maximum absolute atomic E-state index is 6.43. The molecule has 2 aromatic rings. The molecule has 0 bridgehead atoms. The summed E-state index contributed by atoms with van der Waals surface area (Å²) in [5.41, 5.74) is 2.46. The number of piperidine rings is 1. The molecule has 2 aliphatic heterocycles. The van der Waals surface area contributed by atoms with Gasteiger partial charge in [-0.1, -0.05) is 36.4 Å². The van der Waals surface area contributed by atoms with E-state index in [-0.39, 0.29) is 5.60 Å². The van der Waals surface area contributed by atoms with E-state index in [2.05, 4.69) is 29.6 Å². The van der Waals surface area contributed by atoms with Crippen molar-refractivity contribution in [3.63, 3.8) is 0 Å². The van der Waals surface area contributed by atoms with Crippen LogP contribution in [0.5, 0.6) is 11.5 Å². The molecule has 4 rings (SSSR count). The summed E-state index contributed by atoms with van der Waals surface area (Å²) in [6.45, 7) is 2.71. The lowest BCUT2D eigenvalue weighted by Crippen LogP contribution is -2.48. The molecule has 120 valence electrons. The molecule has 0 saturated carbocycles. The van der Waals surface area contributed by atoms with Crippen LogP contribution in [0.3, 0.4) is 0 Å². The Bertz CT molecular complexity index is 663. The van der Waals surface area contributed by atoms with Gasteiger partial charge in [0.25, 0.3) is 0 Å². The van der Waals surface area contributed by atoms with Crippen molar-refractivity contribution in [1.82, 2.24) is 5.32 Å². The number of rotatable bonds is 3. The molecule has 3 heteroatoms. The Morgan fingerprint density at radius 1 is 0.957 bits per heavy atom. The Morgan fingerprint density at radius 3 is 2.61 bits per heavy atom. The molecule has 0 unspecified atom stereocenters. The van der Waals surface area contributed by atoms with Crippen LogP contribution in [0.25, 0.3) is 0 Å². The maximum atomic E-state index is 6.43. The van der Waals surface area contributed by atoms with Gasteiger partial charge in [0.1, 0.15) is 23.7 Å². The van der Waals surface area contributed by atoms with Crippen LogP contribution >= 0.6 is 0 Å². The number of ether oxygens (including phenoxy) is 2. The van der Waals surface area contributed by atoms with Crippen LogP contribution in [0.2, 0.25) is 0 Å². The first-order valence-corrected chi connectivity index (χ1v) is 8.53. The highest BCUT2D eigenvalue weighted by Crippen LogP contribution is 2.41. The van der Waals surface area contributed by atoms with Gasteiger partial charge in [0.05, 0.1) is 0 Å². The Hall–Kier alpha value is -2.00. The first-order chi connectivity index (χ1) is 11.3. The normalized spacial score (nSPS) is 19.0. The zero-order chi connectivity index (χ0) is 15.5. The minimum absolute atomic E-state index is 0.0380. The zero-order valence-electron chi connectivity index (χ0n) is 13.4. The topological polar surface area (TPSA) is 30.5 Å². The lowest BCUT2D eigenvalue weighted by molar-refractivity contribution is 0.0162. The first kappa shape index (κ1) is 14.6. The van der Waals surface area contributed by atoms with Crippen LogP contribution in [-0.4, -0.2) is 18.7 Å². The zero-order valence-corrected chi connectivity index (χ0v) is 13.4. The standard InChI is InChI=1S/C20H23NO2/c1-2-5-16(6-3-1)15-22-18-7-4-8-19-17(18)9-10-20(23-19)11-13-21-14-12-20/h1-8,21H,9-15H2. The maximum Gasteiger partial charge on any atom is 0.127 e. The van der Waals surface area contributed by atoms with Crippen LogP contribution in [0.1, 0.15) is 30.4 Å². The second-order valence-electron chi connectivity index (χ2n) is 6.54. The summed E-state index contributed by atoms with van der Waals surface area (Å²) in [5.74, 6) is 1.99. The van der Waals surface area contributed by atoms with Gasteiger partial charge >= 0.3 is 0 Å². The molecule has 0 amide bonds. The summed E-state index contributed by atoms with van der Waals surface area (Å²) < 4.78 is 12.5. The smallest absolute Gasteiger partial charge is 0.127 e. The van der Waals surface area contributed by atoms with Crippen molar-refractivity contribution in [2.24, 2.45) is 0 Å². The summed E-state index contributed by atoms with van der Waals surface area (Å²) in [7, 11) is 0. The molecule has 0 aliphatic carbocycles. The molecule has 0 atom stereocenters. The highest BCUT2D eigenvalue weighted by Gasteiger charge is 2.38. The number of hydrogen-bond donors (Lipinski definition) is 1. The van der Waals surface area contributed by atoms with E-state index < -0.39 is 0 Å². The largest absolute Gasteiger partial charge is 0.488 e. The Morgan fingerprint density at radius 2 is 1.78 bits per heavy atom. The van der Waals surface area contributed by atoms with Crippen molar-refractivity contribution in [2.75, 3.05) is 13.1 Å². The van der Waals surface area contributed by atoms with Gasteiger partial charge in [0.2, 0.25) is 0 Å². The minimum atomic E-state index is 0.0380. The fraction of sp³-hybridized carbons (Fsp3) is 0.400. The van der Waals surface area contributed by atoms with Gasteiger partial charge in [-0.15, -0.1) is 0 Å². The van der Waals surface area contributed by atoms with Crippen LogP contribution in [0, 0.1) is 0 Å². The van der Waals surface area contributed by atoms with Crippen LogP contribution in [0.15, 0.2) is 48.5 Å². The van der Waals surface area contributed by atoms with E-state index in [0.29, 0.717) is 6.61 Å². The van der Waals surface area contributed by atoms with E-state index in [1.165, 1.54) is 11.1 Å². The highest BCUT2D eigenvalue weighted by atomic mass is 16.5. The van der Waals surface area contributed by atoms with Gasteiger partial charge in [0.15, 0.2) is 0 Å². The molecule has 2 aliphatic rings. The molecular weight excluding hydrogens is 286 g/mol. The molecule has 0 aromatic heterocycles. The predicted octanol–water partition coefficient (Wildman–Crippen LogP) is 3.71. The van der Waals surface area contributed by atoms with Gasteiger partial charge in [-0.2, -0.15) is 0 Å². The summed E-state index contributed by atoms with van der Waals surface area (Å²) >= 11 is 0. The van der Waals surface area contributed by atoms with Gasteiger partial charge in [-0.05, 0) is 56.5 Å². The molecule has 2 heterocycles. The number of nitrogens with one attached hydrogen (secondary N) is 1. The molecular formula is C20H23NO2. The number of hydrogen-bond acceptors (Lipinski definition) is 3. The van der Waals surface area contributed by atoms with E-state index >= 15 is 0 Å². The summed E-state index contributed by atoms with van der Waals surface area (Å²) in [6, 6.07) is 16.5. The molecule has 1 saturated heterocycles. The minimum Gasteiger partial charge on any atom is -0.488 e. The summed E-state index contributed by atoms with van der Waals surface area (Å²) in [5, 5.41) is 3.43. The van der Waals surface area contributed by atoms with E-state index in [0.717, 1.165) is 50.3 Å². The lowest BCUT2D eigenvalue weighted by atomic mass is 9.83. The Labute approximate surface area is 137 Å². The fourth-order valence-corrected chi connectivity index (χ4v) is 3.63.